The van der Waals surface area contributed by atoms with Gasteiger partial charge in [0.25, 0.3) is 15.9 Å². The van der Waals surface area contributed by atoms with Gasteiger partial charge in [-0.25, -0.2) is 13.2 Å². The van der Waals surface area contributed by atoms with Gasteiger partial charge >= 0.3 is 5.97 Å². The molecule has 2 aliphatic rings. The lowest BCUT2D eigenvalue weighted by molar-refractivity contribution is -0.135. The average molecular weight is 535 g/mol. The van der Waals surface area contributed by atoms with Crippen LogP contribution < -0.4 is 9.04 Å². The van der Waals surface area contributed by atoms with E-state index in [0.717, 1.165) is 42.6 Å². The van der Waals surface area contributed by atoms with Crippen LogP contribution in [0, 0.1) is 0 Å². The Kier molecular flexibility index (Phi) is 7.37. The molecule has 1 aliphatic carbocycles. The zero-order valence-electron chi connectivity index (χ0n) is 21.2. The smallest absolute Gasteiger partial charge is 0.338 e. The number of nitrogens with zero attached hydrogens (tertiary/aromatic N) is 2. The van der Waals surface area contributed by atoms with E-state index in [4.69, 9.17) is 9.47 Å². The van der Waals surface area contributed by atoms with Gasteiger partial charge in [0.15, 0.2) is 6.61 Å². The van der Waals surface area contributed by atoms with Gasteiger partial charge in [-0.1, -0.05) is 30.3 Å². The summed E-state index contributed by atoms with van der Waals surface area (Å²) in [5.41, 5.74) is 2.84. The molecule has 198 valence electrons. The molecule has 0 atom stereocenters. The van der Waals surface area contributed by atoms with E-state index < -0.39 is 16.0 Å². The maximum atomic E-state index is 13.3. The second-order valence-electron chi connectivity index (χ2n) is 9.51. The highest BCUT2D eigenvalue weighted by molar-refractivity contribution is 7.92. The highest BCUT2D eigenvalue weighted by atomic mass is 32.2. The Bertz CT molecular complexity index is 1420. The van der Waals surface area contributed by atoms with Gasteiger partial charge in [0.05, 0.1) is 23.3 Å². The molecule has 0 radical (unpaired) electrons. The van der Waals surface area contributed by atoms with Gasteiger partial charge in [-0.2, -0.15) is 0 Å². The van der Waals surface area contributed by atoms with E-state index in [2.05, 4.69) is 0 Å². The fraction of sp³-hybridized carbons (Fsp3) is 0.310. The van der Waals surface area contributed by atoms with Gasteiger partial charge in [0.2, 0.25) is 0 Å². The molecule has 38 heavy (non-hydrogen) atoms. The molecule has 0 N–H and O–H groups in total. The number of rotatable bonds is 9. The molecule has 1 fully saturated rings. The van der Waals surface area contributed by atoms with E-state index in [9.17, 15) is 18.0 Å². The van der Waals surface area contributed by atoms with Crippen molar-refractivity contribution in [1.82, 2.24) is 4.90 Å². The number of anilines is 1. The molecule has 3 aromatic carbocycles. The first kappa shape index (κ1) is 25.8. The van der Waals surface area contributed by atoms with Crippen LogP contribution in [-0.4, -0.2) is 51.5 Å². The molecule has 0 spiro atoms. The van der Waals surface area contributed by atoms with Crippen LogP contribution in [0.1, 0.15) is 40.7 Å². The maximum absolute atomic E-state index is 13.3. The molecule has 0 aromatic heterocycles. The summed E-state index contributed by atoms with van der Waals surface area (Å²) in [7, 11) is -2.18. The van der Waals surface area contributed by atoms with Gasteiger partial charge in [-0.05, 0) is 79.3 Å². The van der Waals surface area contributed by atoms with Gasteiger partial charge in [0, 0.05) is 19.1 Å². The van der Waals surface area contributed by atoms with Crippen molar-refractivity contribution in [2.45, 2.75) is 43.2 Å². The second-order valence-corrected chi connectivity index (χ2v) is 11.4. The summed E-state index contributed by atoms with van der Waals surface area (Å²) in [6.07, 6.45) is 3.43. The quantitative estimate of drug-likeness (QED) is 0.383. The summed E-state index contributed by atoms with van der Waals surface area (Å²) in [4.78, 5) is 27.4. The first-order valence-corrected chi connectivity index (χ1v) is 14.1. The molecule has 9 heteroatoms. The van der Waals surface area contributed by atoms with Crippen molar-refractivity contribution in [1.29, 1.82) is 0 Å². The monoisotopic (exact) mass is 534 g/mol. The Labute approximate surface area is 222 Å². The highest BCUT2D eigenvalue weighted by Crippen LogP contribution is 2.32. The molecule has 0 saturated heterocycles. The topological polar surface area (TPSA) is 93.2 Å². The number of hydrogen-bond acceptors (Lipinski definition) is 6. The minimum Gasteiger partial charge on any atom is -0.497 e. The largest absolute Gasteiger partial charge is 0.497 e. The number of carbonyl (C=O) groups excluding carboxylic acids is 2. The standard InChI is InChI=1S/C29H30N2O6S/c1-36-25-14-8-21(9-15-25)19-30(24-12-13-24)28(32)20-37-29(33)23-10-16-26(17-11-23)38(34,35)31-18-4-6-22-5-2-3-7-27(22)31/h2-3,5,7-11,14-17,24H,4,6,12-13,18-20H2,1H3. The van der Waals surface area contributed by atoms with Crippen LogP contribution in [0.25, 0.3) is 0 Å². The Morgan fingerprint density at radius 3 is 2.37 bits per heavy atom. The Balaban J connectivity index is 1.21. The number of para-hydroxylation sites is 1. The molecule has 3 aromatic rings. The predicted octanol–water partition coefficient (Wildman–Crippen LogP) is 4.18. The lowest BCUT2D eigenvalue weighted by atomic mass is 10.0. The SMILES string of the molecule is COc1ccc(CN(C(=O)COC(=O)c2ccc(S(=O)(=O)N3CCCc4ccccc43)cc2)C2CC2)cc1. The van der Waals surface area contributed by atoms with E-state index >= 15 is 0 Å². The number of amides is 1. The van der Waals surface area contributed by atoms with E-state index in [1.807, 2.05) is 48.5 Å². The number of esters is 1. The van der Waals surface area contributed by atoms with Crippen molar-refractivity contribution in [2.75, 3.05) is 24.6 Å². The average Bonchev–Trinajstić information content (AvgIpc) is 3.80. The van der Waals surface area contributed by atoms with Crippen LogP contribution in [-0.2, 0) is 32.5 Å². The fourth-order valence-corrected chi connectivity index (χ4v) is 6.21. The van der Waals surface area contributed by atoms with Crippen molar-refractivity contribution in [3.63, 3.8) is 0 Å². The molecule has 1 heterocycles. The van der Waals surface area contributed by atoms with E-state index in [-0.39, 0.29) is 29.0 Å². The third-order valence-electron chi connectivity index (χ3n) is 6.89. The minimum atomic E-state index is -3.78. The van der Waals surface area contributed by atoms with Gasteiger partial charge in [-0.15, -0.1) is 0 Å². The van der Waals surface area contributed by atoms with Crippen molar-refractivity contribution >= 4 is 27.6 Å². The first-order valence-electron chi connectivity index (χ1n) is 12.7. The van der Waals surface area contributed by atoms with Crippen LogP contribution in [0.5, 0.6) is 5.75 Å². The first-order chi connectivity index (χ1) is 18.4. The summed E-state index contributed by atoms with van der Waals surface area (Å²) in [5, 5.41) is 0. The number of fused-ring (bicyclic) bond motifs is 1. The fourth-order valence-electron chi connectivity index (χ4n) is 4.67. The molecule has 0 unspecified atom stereocenters. The van der Waals surface area contributed by atoms with Gasteiger partial charge < -0.3 is 14.4 Å². The van der Waals surface area contributed by atoms with Crippen molar-refractivity contribution in [3.05, 3.63) is 89.5 Å². The summed E-state index contributed by atoms with van der Waals surface area (Å²) in [6.45, 7) is 0.451. The number of carbonyl (C=O) groups is 2. The maximum Gasteiger partial charge on any atom is 0.338 e. The number of aryl methyl sites for hydroxylation is 1. The van der Waals surface area contributed by atoms with Crippen molar-refractivity contribution < 1.29 is 27.5 Å². The summed E-state index contributed by atoms with van der Waals surface area (Å²) >= 11 is 0. The summed E-state index contributed by atoms with van der Waals surface area (Å²) < 4.78 is 38.6. The molecule has 0 bridgehead atoms. The molecule has 1 saturated carbocycles. The number of benzene rings is 3. The number of ether oxygens (including phenoxy) is 2. The molecule has 1 aliphatic heterocycles. The van der Waals surface area contributed by atoms with E-state index in [1.54, 1.807) is 12.0 Å². The van der Waals surface area contributed by atoms with E-state index in [0.29, 0.717) is 18.8 Å². The van der Waals surface area contributed by atoms with Crippen molar-refractivity contribution in [2.24, 2.45) is 0 Å². The predicted molar refractivity (Wildman–Crippen MR) is 143 cm³/mol. The summed E-state index contributed by atoms with van der Waals surface area (Å²) in [6, 6.07) is 20.8. The van der Waals surface area contributed by atoms with Crippen LogP contribution in [0.2, 0.25) is 0 Å². The zero-order chi connectivity index (χ0) is 26.7. The molecule has 8 nitrogen and oxygen atoms in total. The Morgan fingerprint density at radius 2 is 1.68 bits per heavy atom. The van der Waals surface area contributed by atoms with Crippen LogP contribution in [0.4, 0.5) is 5.69 Å². The van der Waals surface area contributed by atoms with Crippen molar-refractivity contribution in [3.8, 4) is 5.75 Å². The Morgan fingerprint density at radius 1 is 0.974 bits per heavy atom. The second kappa shape index (κ2) is 10.9. The lowest BCUT2D eigenvalue weighted by Crippen LogP contribution is -2.36. The molecule has 5 rings (SSSR count). The molecule has 1 amide bonds. The molecular formula is C29H30N2O6S. The van der Waals surface area contributed by atoms with Crippen LogP contribution in [0.15, 0.2) is 77.7 Å². The van der Waals surface area contributed by atoms with Crippen LogP contribution >= 0.6 is 0 Å². The van der Waals surface area contributed by atoms with Crippen LogP contribution in [0.3, 0.4) is 0 Å². The highest BCUT2D eigenvalue weighted by Gasteiger charge is 2.33. The normalized spacial score (nSPS) is 14.9. The minimum absolute atomic E-state index is 0.0984. The number of methoxy groups -OCH3 is 1. The van der Waals surface area contributed by atoms with Gasteiger partial charge in [-0.3, -0.25) is 9.10 Å². The van der Waals surface area contributed by atoms with E-state index in [1.165, 1.54) is 28.6 Å². The lowest BCUT2D eigenvalue weighted by Gasteiger charge is -2.30. The van der Waals surface area contributed by atoms with Gasteiger partial charge in [0.1, 0.15) is 5.75 Å². The third-order valence-corrected chi connectivity index (χ3v) is 8.72. The number of hydrogen-bond donors (Lipinski definition) is 0. The third kappa shape index (κ3) is 5.52. The molecular weight excluding hydrogens is 504 g/mol. The number of sulfonamides is 1. The Hall–Kier alpha value is -3.85. The zero-order valence-corrected chi connectivity index (χ0v) is 22.0. The summed E-state index contributed by atoms with van der Waals surface area (Å²) in [5.74, 6) is -0.197.